The van der Waals surface area contributed by atoms with E-state index in [0.29, 0.717) is 31.0 Å². The fourth-order valence-electron chi connectivity index (χ4n) is 5.68. The van der Waals surface area contributed by atoms with Crippen molar-refractivity contribution in [3.63, 3.8) is 0 Å². The van der Waals surface area contributed by atoms with E-state index < -0.39 is 18.5 Å². The number of hydrogen-bond acceptors (Lipinski definition) is 7. The molecule has 2 fully saturated rings. The van der Waals surface area contributed by atoms with Crippen LogP contribution in [0.4, 0.5) is 0 Å². The zero-order valence-electron chi connectivity index (χ0n) is 25.5. The zero-order valence-corrected chi connectivity index (χ0v) is 27.2. The first kappa shape index (κ1) is 32.3. The van der Waals surface area contributed by atoms with Gasteiger partial charge in [-0.3, -0.25) is 0 Å². The van der Waals surface area contributed by atoms with E-state index in [1.165, 1.54) is 17.9 Å². The van der Waals surface area contributed by atoms with E-state index in [1.54, 1.807) is 0 Å². The molecular weight excluding hydrogens is 601 g/mol. The van der Waals surface area contributed by atoms with Crippen LogP contribution in [-0.2, 0) is 50.1 Å². The van der Waals surface area contributed by atoms with Gasteiger partial charge < -0.3 is 23.7 Å². The topological polar surface area (TPSA) is 46.2 Å². The first-order valence-electron chi connectivity index (χ1n) is 15.8. The fraction of sp³-hybridized carbons (Fsp3) is 0.368. The zero-order chi connectivity index (χ0) is 30.5. The molecule has 2 heterocycles. The molecule has 5 atom stereocenters. The van der Waals surface area contributed by atoms with E-state index in [2.05, 4.69) is 48.5 Å². The molecule has 0 radical (unpaired) electrons. The van der Waals surface area contributed by atoms with Crippen LogP contribution in [0.3, 0.4) is 0 Å². The van der Waals surface area contributed by atoms with Crippen LogP contribution in [-0.4, -0.2) is 46.8 Å². The summed E-state index contributed by atoms with van der Waals surface area (Å²) in [6, 6.07) is 41.1. The van der Waals surface area contributed by atoms with E-state index in [9.17, 15) is 0 Å². The average Bonchev–Trinajstić information content (AvgIpc) is 3.11. The number of benzene rings is 4. The summed E-state index contributed by atoms with van der Waals surface area (Å²) in [7, 11) is 0. The van der Waals surface area contributed by atoms with Crippen molar-refractivity contribution in [3.8, 4) is 0 Å². The van der Waals surface area contributed by atoms with Crippen LogP contribution in [0.5, 0.6) is 0 Å². The van der Waals surface area contributed by atoms with Gasteiger partial charge in [0.1, 0.15) is 18.3 Å². The molecule has 4 aromatic carbocycles. The molecule has 0 bridgehead atoms. The Morgan fingerprint density at radius 3 is 1.36 bits per heavy atom. The Hall–Kier alpha value is -2.62. The Morgan fingerprint density at radius 1 is 0.489 bits per heavy atom. The molecule has 45 heavy (non-hydrogen) atoms. The van der Waals surface area contributed by atoms with Gasteiger partial charge in [0.05, 0.1) is 37.1 Å². The summed E-state index contributed by atoms with van der Waals surface area (Å²) >= 11 is 4.04. The predicted molar refractivity (Wildman–Crippen MR) is 183 cm³/mol. The molecule has 0 aromatic heterocycles. The van der Waals surface area contributed by atoms with Crippen molar-refractivity contribution in [2.45, 2.75) is 74.6 Å². The quantitative estimate of drug-likeness (QED) is 0.137. The highest BCUT2D eigenvalue weighted by molar-refractivity contribution is 8.17. The average molecular weight is 643 g/mol. The maximum atomic E-state index is 6.92. The summed E-state index contributed by atoms with van der Waals surface area (Å²) in [4.78, 5) is 0. The summed E-state index contributed by atoms with van der Waals surface area (Å²) < 4.78 is 34.3. The predicted octanol–water partition coefficient (Wildman–Crippen LogP) is 8.27. The smallest absolute Gasteiger partial charge is 0.187 e. The largest absolute Gasteiger partial charge is 0.368 e. The molecule has 6 rings (SSSR count). The second-order valence-electron chi connectivity index (χ2n) is 11.4. The van der Waals surface area contributed by atoms with Crippen LogP contribution in [0.25, 0.3) is 0 Å². The molecule has 2 saturated heterocycles. The molecule has 7 heteroatoms. The fourth-order valence-corrected chi connectivity index (χ4v) is 8.63. The van der Waals surface area contributed by atoms with Gasteiger partial charge in [-0.05, 0) is 46.6 Å². The Kier molecular flexibility index (Phi) is 12.5. The molecule has 0 N–H and O–H groups in total. The third-order valence-corrected chi connectivity index (χ3v) is 11.0. The van der Waals surface area contributed by atoms with Crippen molar-refractivity contribution in [2.75, 3.05) is 11.5 Å². The van der Waals surface area contributed by atoms with E-state index in [-0.39, 0.29) is 12.2 Å². The van der Waals surface area contributed by atoms with E-state index in [4.69, 9.17) is 23.7 Å². The first-order valence-corrected chi connectivity index (χ1v) is 17.9. The van der Waals surface area contributed by atoms with Gasteiger partial charge in [0, 0.05) is 0 Å². The molecular formula is C38H42O5S2. The highest BCUT2D eigenvalue weighted by atomic mass is 32.2. The minimum atomic E-state index is -0.630. The standard InChI is InChI=1S/C38H42O5S2/c1-5-14-29(15-6-1)25-39-35-33(24-34-44-22-13-23-45-34)43-38(42-28-32-20-11-4-12-21-32)37(41-27-31-18-9-3-10-19-31)36(35)40-26-30-16-7-2-8-17-30/h1-12,14-21,33-38H,13,22-28H2/t33-,35-,36+,37-,38-/m1/s1. The molecule has 0 aliphatic carbocycles. The van der Waals surface area contributed by atoms with Gasteiger partial charge in [-0.1, -0.05) is 121 Å². The Bertz CT molecular complexity index is 1370. The van der Waals surface area contributed by atoms with Crippen LogP contribution in [0.2, 0.25) is 0 Å². The highest BCUT2D eigenvalue weighted by Gasteiger charge is 2.49. The van der Waals surface area contributed by atoms with Crippen LogP contribution in [0.1, 0.15) is 35.1 Å². The summed E-state index contributed by atoms with van der Waals surface area (Å²) in [5.41, 5.74) is 4.38. The van der Waals surface area contributed by atoms with E-state index >= 15 is 0 Å². The lowest BCUT2D eigenvalue weighted by atomic mass is 9.96. The summed E-state index contributed by atoms with van der Waals surface area (Å²) in [5.74, 6) is 2.34. The highest BCUT2D eigenvalue weighted by Crippen LogP contribution is 2.39. The summed E-state index contributed by atoms with van der Waals surface area (Å²) in [5, 5.41) is 0. The third kappa shape index (κ3) is 9.69. The van der Waals surface area contributed by atoms with Crippen molar-refractivity contribution >= 4 is 23.5 Å². The first-order chi connectivity index (χ1) is 22.3. The molecule has 5 nitrogen and oxygen atoms in total. The molecule has 2 aliphatic heterocycles. The molecule has 0 amide bonds. The Balaban J connectivity index is 1.31. The van der Waals surface area contributed by atoms with Gasteiger partial charge >= 0.3 is 0 Å². The van der Waals surface area contributed by atoms with E-state index in [1.807, 2.05) is 96.3 Å². The maximum absolute atomic E-state index is 6.92. The molecule has 0 spiro atoms. The second kappa shape index (κ2) is 17.3. The second-order valence-corrected chi connectivity index (χ2v) is 14.3. The molecule has 2 aliphatic rings. The van der Waals surface area contributed by atoms with Gasteiger partial charge in [-0.2, -0.15) is 0 Å². The van der Waals surface area contributed by atoms with E-state index in [0.717, 1.165) is 28.7 Å². The van der Waals surface area contributed by atoms with Crippen molar-refractivity contribution in [1.29, 1.82) is 0 Å². The van der Waals surface area contributed by atoms with Crippen LogP contribution in [0.15, 0.2) is 121 Å². The number of rotatable bonds is 14. The monoisotopic (exact) mass is 642 g/mol. The van der Waals surface area contributed by atoms with Crippen LogP contribution < -0.4 is 0 Å². The molecule has 236 valence electrons. The van der Waals surface area contributed by atoms with Crippen LogP contribution in [0, 0.1) is 0 Å². The number of hydrogen-bond donors (Lipinski definition) is 0. The molecule has 0 unspecified atom stereocenters. The SMILES string of the molecule is c1ccc(CO[C@@H]2O[C@H](CC3SCCCS3)[C@@H](OCc3ccccc3)[C@H](OCc3ccccc3)[C@H]2OCc2ccccc2)cc1. The Labute approximate surface area is 276 Å². The van der Waals surface area contributed by atoms with Crippen LogP contribution >= 0.6 is 23.5 Å². The summed E-state index contributed by atoms with van der Waals surface area (Å²) in [6.07, 6.45) is -0.0561. The van der Waals surface area contributed by atoms with Gasteiger partial charge in [-0.25, -0.2) is 0 Å². The molecule has 4 aromatic rings. The summed E-state index contributed by atoms with van der Waals surface area (Å²) in [6.45, 7) is 1.72. The number of ether oxygens (including phenoxy) is 5. The molecule has 0 saturated carbocycles. The van der Waals surface area contributed by atoms with Crippen molar-refractivity contribution < 1.29 is 23.7 Å². The Morgan fingerprint density at radius 2 is 0.889 bits per heavy atom. The minimum Gasteiger partial charge on any atom is -0.368 e. The van der Waals surface area contributed by atoms with Gasteiger partial charge in [-0.15, -0.1) is 23.5 Å². The normalized spacial score (nSPS) is 24.0. The maximum Gasteiger partial charge on any atom is 0.187 e. The lowest BCUT2D eigenvalue weighted by Gasteiger charge is -2.46. The lowest BCUT2D eigenvalue weighted by molar-refractivity contribution is -0.326. The van der Waals surface area contributed by atoms with Crippen molar-refractivity contribution in [2.24, 2.45) is 0 Å². The minimum absolute atomic E-state index is 0.227. The van der Waals surface area contributed by atoms with Crippen molar-refractivity contribution in [3.05, 3.63) is 144 Å². The third-order valence-electron chi connectivity index (χ3n) is 8.03. The lowest BCUT2D eigenvalue weighted by Crippen LogP contribution is -2.61. The van der Waals surface area contributed by atoms with Gasteiger partial charge in [0.25, 0.3) is 0 Å². The van der Waals surface area contributed by atoms with Crippen molar-refractivity contribution in [1.82, 2.24) is 0 Å². The number of thioether (sulfide) groups is 2. The van der Waals surface area contributed by atoms with Gasteiger partial charge in [0.2, 0.25) is 0 Å². The van der Waals surface area contributed by atoms with Gasteiger partial charge in [0.15, 0.2) is 6.29 Å².